The Morgan fingerprint density at radius 1 is 1.24 bits per heavy atom. The number of aliphatic carboxylic acids is 1. The second kappa shape index (κ2) is 7.31. The number of halogens is 1. The van der Waals surface area contributed by atoms with Gasteiger partial charge >= 0.3 is 5.97 Å². The van der Waals surface area contributed by atoms with Crippen LogP contribution in [0.25, 0.3) is 0 Å². The van der Waals surface area contributed by atoms with Crippen LogP contribution in [0.2, 0.25) is 5.02 Å². The molecule has 21 heavy (non-hydrogen) atoms. The van der Waals surface area contributed by atoms with Gasteiger partial charge in [0.25, 0.3) is 5.91 Å². The van der Waals surface area contributed by atoms with Gasteiger partial charge in [-0.1, -0.05) is 24.4 Å². The predicted octanol–water partition coefficient (Wildman–Crippen LogP) is 2.57. The number of amides is 1. The third kappa shape index (κ3) is 4.63. The molecule has 1 amide bonds. The Bertz CT molecular complexity index is 497. The highest BCUT2D eigenvalue weighted by atomic mass is 35.5. The molecule has 1 saturated carbocycles. The first-order valence-corrected chi connectivity index (χ1v) is 7.33. The minimum absolute atomic E-state index is 0.0161. The van der Waals surface area contributed by atoms with E-state index < -0.39 is 5.97 Å². The zero-order chi connectivity index (χ0) is 15.2. The van der Waals surface area contributed by atoms with Crippen LogP contribution in [-0.2, 0) is 9.59 Å². The summed E-state index contributed by atoms with van der Waals surface area (Å²) in [7, 11) is 0. The summed E-state index contributed by atoms with van der Waals surface area (Å²) in [4.78, 5) is 24.6. The number of rotatable bonds is 6. The molecule has 1 aliphatic carbocycles. The Kier molecular flexibility index (Phi) is 5.44. The van der Waals surface area contributed by atoms with Crippen molar-refractivity contribution in [3.63, 3.8) is 0 Å². The normalized spacial score (nSPS) is 14.9. The zero-order valence-electron chi connectivity index (χ0n) is 11.6. The molecule has 1 fully saturated rings. The monoisotopic (exact) mass is 311 g/mol. The maximum absolute atomic E-state index is 12.2. The van der Waals surface area contributed by atoms with Crippen LogP contribution in [0.15, 0.2) is 24.3 Å². The number of ether oxygens (including phenoxy) is 1. The molecule has 0 bridgehead atoms. The predicted molar refractivity (Wildman–Crippen MR) is 78.6 cm³/mol. The van der Waals surface area contributed by atoms with Crippen molar-refractivity contribution in [3.8, 4) is 5.75 Å². The van der Waals surface area contributed by atoms with Crippen molar-refractivity contribution in [1.82, 2.24) is 4.90 Å². The van der Waals surface area contributed by atoms with Crippen LogP contribution in [0.3, 0.4) is 0 Å². The van der Waals surface area contributed by atoms with E-state index in [1.165, 1.54) is 4.90 Å². The molecule has 1 aromatic carbocycles. The number of benzene rings is 1. The van der Waals surface area contributed by atoms with Gasteiger partial charge in [0.1, 0.15) is 12.3 Å². The molecule has 1 aliphatic rings. The fraction of sp³-hybridized carbons (Fsp3) is 0.467. The zero-order valence-corrected chi connectivity index (χ0v) is 12.4. The lowest BCUT2D eigenvalue weighted by Gasteiger charge is -2.27. The van der Waals surface area contributed by atoms with E-state index in [1.807, 2.05) is 0 Å². The third-order valence-corrected chi connectivity index (χ3v) is 3.82. The van der Waals surface area contributed by atoms with Gasteiger partial charge in [0, 0.05) is 11.1 Å². The largest absolute Gasteiger partial charge is 0.484 e. The fourth-order valence-corrected chi connectivity index (χ4v) is 2.67. The number of carbonyl (C=O) groups excluding carboxylic acids is 1. The molecule has 0 aromatic heterocycles. The molecule has 0 saturated heterocycles. The van der Waals surface area contributed by atoms with Gasteiger partial charge in [0.05, 0.1) is 0 Å². The molecular weight excluding hydrogens is 294 g/mol. The molecule has 0 spiro atoms. The van der Waals surface area contributed by atoms with Gasteiger partial charge in [-0.2, -0.15) is 0 Å². The molecule has 0 radical (unpaired) electrons. The number of nitrogens with zero attached hydrogens (tertiary/aromatic N) is 1. The highest BCUT2D eigenvalue weighted by Gasteiger charge is 2.28. The Morgan fingerprint density at radius 2 is 1.86 bits per heavy atom. The average Bonchev–Trinajstić information content (AvgIpc) is 2.97. The highest BCUT2D eigenvalue weighted by Crippen LogP contribution is 2.23. The van der Waals surface area contributed by atoms with E-state index in [2.05, 4.69) is 0 Å². The first-order chi connectivity index (χ1) is 10.1. The summed E-state index contributed by atoms with van der Waals surface area (Å²) < 4.78 is 5.40. The van der Waals surface area contributed by atoms with Crippen molar-refractivity contribution in [2.45, 2.75) is 31.7 Å². The number of carboxylic acids is 1. The first kappa shape index (κ1) is 15.6. The van der Waals surface area contributed by atoms with Crippen molar-refractivity contribution in [3.05, 3.63) is 29.3 Å². The van der Waals surface area contributed by atoms with E-state index in [0.29, 0.717) is 10.8 Å². The molecule has 0 heterocycles. The maximum atomic E-state index is 12.2. The van der Waals surface area contributed by atoms with E-state index in [0.717, 1.165) is 25.7 Å². The molecule has 5 nitrogen and oxygen atoms in total. The van der Waals surface area contributed by atoms with Gasteiger partial charge in [-0.05, 0) is 37.1 Å². The van der Waals surface area contributed by atoms with Crippen LogP contribution in [0.4, 0.5) is 0 Å². The molecule has 0 unspecified atom stereocenters. The van der Waals surface area contributed by atoms with Crippen LogP contribution in [0.5, 0.6) is 5.75 Å². The van der Waals surface area contributed by atoms with Crippen molar-refractivity contribution in [2.75, 3.05) is 13.2 Å². The molecule has 0 aliphatic heterocycles. The van der Waals surface area contributed by atoms with E-state index >= 15 is 0 Å². The van der Waals surface area contributed by atoms with Gasteiger partial charge in [-0.15, -0.1) is 0 Å². The first-order valence-electron chi connectivity index (χ1n) is 6.96. The van der Waals surface area contributed by atoms with Gasteiger partial charge < -0.3 is 14.7 Å². The van der Waals surface area contributed by atoms with E-state index in [4.69, 9.17) is 21.4 Å². The number of hydrogen-bond donors (Lipinski definition) is 1. The summed E-state index contributed by atoms with van der Waals surface area (Å²) in [5, 5.41) is 9.55. The van der Waals surface area contributed by atoms with Gasteiger partial charge in [0.15, 0.2) is 6.61 Å². The van der Waals surface area contributed by atoms with Gasteiger partial charge in [-0.25, -0.2) is 0 Å². The standard InChI is InChI=1S/C15H18ClNO4/c16-11-5-7-13(8-6-11)21-10-14(18)17(9-15(19)20)12-3-1-2-4-12/h5-8,12H,1-4,9-10H2,(H,19,20). The van der Waals surface area contributed by atoms with Crippen LogP contribution >= 0.6 is 11.6 Å². The molecule has 2 rings (SSSR count). The lowest BCUT2D eigenvalue weighted by Crippen LogP contribution is -2.44. The molecule has 1 N–H and O–H groups in total. The number of carboxylic acid groups (broad SMARTS) is 1. The van der Waals surface area contributed by atoms with Crippen molar-refractivity contribution in [2.24, 2.45) is 0 Å². The average molecular weight is 312 g/mol. The number of carbonyl (C=O) groups is 2. The lowest BCUT2D eigenvalue weighted by molar-refractivity contribution is -0.147. The van der Waals surface area contributed by atoms with Crippen LogP contribution in [0.1, 0.15) is 25.7 Å². The van der Waals surface area contributed by atoms with E-state index in [1.54, 1.807) is 24.3 Å². The number of hydrogen-bond acceptors (Lipinski definition) is 3. The minimum atomic E-state index is -0.998. The SMILES string of the molecule is O=C(O)CN(C(=O)COc1ccc(Cl)cc1)C1CCCC1. The Hall–Kier alpha value is -1.75. The summed E-state index contributed by atoms with van der Waals surface area (Å²) in [5.74, 6) is -0.754. The summed E-state index contributed by atoms with van der Waals surface area (Å²) in [6, 6.07) is 6.71. The van der Waals surface area contributed by atoms with Crippen molar-refractivity contribution < 1.29 is 19.4 Å². The lowest BCUT2D eigenvalue weighted by atomic mass is 10.2. The van der Waals surface area contributed by atoms with Crippen molar-refractivity contribution in [1.29, 1.82) is 0 Å². The maximum Gasteiger partial charge on any atom is 0.323 e. The molecule has 0 atom stereocenters. The van der Waals surface area contributed by atoms with Crippen LogP contribution in [0, 0.1) is 0 Å². The summed E-state index contributed by atoms with van der Waals surface area (Å²) in [6.07, 6.45) is 3.79. The molecular formula is C15H18ClNO4. The van der Waals surface area contributed by atoms with Gasteiger partial charge in [-0.3, -0.25) is 9.59 Å². The third-order valence-electron chi connectivity index (χ3n) is 3.57. The fourth-order valence-electron chi connectivity index (χ4n) is 2.54. The second-order valence-electron chi connectivity index (χ2n) is 5.10. The van der Waals surface area contributed by atoms with E-state index in [-0.39, 0.29) is 25.1 Å². The topological polar surface area (TPSA) is 66.8 Å². The second-order valence-corrected chi connectivity index (χ2v) is 5.53. The Morgan fingerprint density at radius 3 is 2.43 bits per heavy atom. The highest BCUT2D eigenvalue weighted by molar-refractivity contribution is 6.30. The minimum Gasteiger partial charge on any atom is -0.484 e. The Labute approximate surface area is 128 Å². The van der Waals surface area contributed by atoms with Crippen molar-refractivity contribution >= 4 is 23.5 Å². The van der Waals surface area contributed by atoms with Crippen LogP contribution in [-0.4, -0.2) is 41.1 Å². The summed E-state index contributed by atoms with van der Waals surface area (Å²) >= 11 is 5.77. The van der Waals surface area contributed by atoms with Crippen LogP contribution < -0.4 is 4.74 Å². The van der Waals surface area contributed by atoms with E-state index in [9.17, 15) is 9.59 Å². The quantitative estimate of drug-likeness (QED) is 0.877. The Balaban J connectivity index is 1.94. The summed E-state index contributed by atoms with van der Waals surface area (Å²) in [6.45, 7) is -0.432. The molecule has 114 valence electrons. The molecule has 6 heteroatoms. The molecule has 1 aromatic rings. The van der Waals surface area contributed by atoms with Gasteiger partial charge in [0.2, 0.25) is 0 Å². The smallest absolute Gasteiger partial charge is 0.323 e. The summed E-state index contributed by atoms with van der Waals surface area (Å²) in [5.41, 5.74) is 0.